The summed E-state index contributed by atoms with van der Waals surface area (Å²) in [5, 5.41) is 6.78. The van der Waals surface area contributed by atoms with E-state index < -0.39 is 0 Å². The van der Waals surface area contributed by atoms with Gasteiger partial charge in [0.15, 0.2) is 5.96 Å². The van der Waals surface area contributed by atoms with E-state index in [0.717, 1.165) is 38.5 Å². The maximum absolute atomic E-state index is 5.78. The first-order valence-electron chi connectivity index (χ1n) is 8.79. The first-order valence-corrected chi connectivity index (χ1v) is 8.79. The third-order valence-corrected chi connectivity index (χ3v) is 4.23. The summed E-state index contributed by atoms with van der Waals surface area (Å²) in [6, 6.07) is 0. The molecule has 0 aromatic heterocycles. The van der Waals surface area contributed by atoms with Gasteiger partial charge < -0.3 is 20.3 Å². The second kappa shape index (κ2) is 10.8. The summed E-state index contributed by atoms with van der Waals surface area (Å²) in [6.07, 6.45) is 8.76. The van der Waals surface area contributed by atoms with Crippen LogP contribution in [0, 0.1) is 0 Å². The Balaban J connectivity index is 2.00. The molecule has 1 saturated heterocycles. The maximum Gasteiger partial charge on any atom is 0.191 e. The van der Waals surface area contributed by atoms with Crippen molar-refractivity contribution in [3.8, 4) is 0 Å². The van der Waals surface area contributed by atoms with Crippen molar-refractivity contribution in [1.82, 2.24) is 15.5 Å². The van der Waals surface area contributed by atoms with Crippen molar-refractivity contribution in [2.45, 2.75) is 57.5 Å². The van der Waals surface area contributed by atoms with Gasteiger partial charge in [0.05, 0.1) is 5.60 Å². The van der Waals surface area contributed by atoms with Gasteiger partial charge in [-0.1, -0.05) is 19.3 Å². The average molecular weight is 313 g/mol. The highest BCUT2D eigenvalue weighted by atomic mass is 16.5. The summed E-state index contributed by atoms with van der Waals surface area (Å²) in [5.74, 6) is 0.893. The third kappa shape index (κ3) is 8.59. The number of hydrogen-bond donors (Lipinski definition) is 2. The monoisotopic (exact) mass is 312 g/mol. The molecule has 1 heterocycles. The fourth-order valence-corrected chi connectivity index (χ4v) is 2.76. The molecule has 1 atom stereocenters. The molecule has 0 aromatic carbocycles. The van der Waals surface area contributed by atoms with Gasteiger partial charge in [0.1, 0.15) is 0 Å². The highest BCUT2D eigenvalue weighted by molar-refractivity contribution is 5.79. The Kier molecular flexibility index (Phi) is 9.48. The lowest BCUT2D eigenvalue weighted by atomic mass is 10.0. The first kappa shape index (κ1) is 19.2. The molecule has 5 heteroatoms. The van der Waals surface area contributed by atoms with E-state index in [4.69, 9.17) is 4.74 Å². The minimum Gasteiger partial charge on any atom is -0.373 e. The fraction of sp³-hybridized carbons (Fsp3) is 0.941. The zero-order chi connectivity index (χ0) is 16.3. The van der Waals surface area contributed by atoms with E-state index in [-0.39, 0.29) is 5.60 Å². The predicted octanol–water partition coefficient (Wildman–Crippen LogP) is 2.23. The van der Waals surface area contributed by atoms with Gasteiger partial charge in [-0.15, -0.1) is 0 Å². The Hall–Kier alpha value is -0.810. The normalized spacial score (nSPS) is 22.3. The molecule has 130 valence electrons. The highest BCUT2D eigenvalue weighted by Crippen LogP contribution is 2.23. The Morgan fingerprint density at radius 1 is 1.14 bits per heavy atom. The molecule has 0 saturated carbocycles. The van der Waals surface area contributed by atoms with Crippen LogP contribution in [0.1, 0.15) is 51.9 Å². The van der Waals surface area contributed by atoms with Crippen molar-refractivity contribution >= 4 is 5.96 Å². The molecule has 22 heavy (non-hydrogen) atoms. The lowest BCUT2D eigenvalue weighted by Gasteiger charge is -2.24. The summed E-state index contributed by atoms with van der Waals surface area (Å²) >= 11 is 0. The van der Waals surface area contributed by atoms with Crippen molar-refractivity contribution in [3.63, 3.8) is 0 Å². The van der Waals surface area contributed by atoms with E-state index in [0.29, 0.717) is 0 Å². The molecule has 0 spiro atoms. The van der Waals surface area contributed by atoms with Crippen molar-refractivity contribution in [2.75, 3.05) is 47.4 Å². The Labute approximate surface area is 136 Å². The van der Waals surface area contributed by atoms with E-state index in [1.165, 1.54) is 38.6 Å². The second-order valence-corrected chi connectivity index (χ2v) is 6.83. The molecule has 1 rings (SSSR count). The predicted molar refractivity (Wildman–Crippen MR) is 94.6 cm³/mol. The number of nitrogens with zero attached hydrogens (tertiary/aromatic N) is 2. The maximum atomic E-state index is 5.78. The van der Waals surface area contributed by atoms with Crippen LogP contribution in [0.15, 0.2) is 4.99 Å². The van der Waals surface area contributed by atoms with Gasteiger partial charge >= 0.3 is 0 Å². The van der Waals surface area contributed by atoms with Gasteiger partial charge in [0, 0.05) is 26.7 Å². The quantitative estimate of drug-likeness (QED) is 0.369. The molecule has 1 fully saturated rings. The molecular weight excluding hydrogens is 276 g/mol. The molecule has 2 N–H and O–H groups in total. The van der Waals surface area contributed by atoms with Crippen LogP contribution in [0.5, 0.6) is 0 Å². The van der Waals surface area contributed by atoms with Gasteiger partial charge in [0.2, 0.25) is 0 Å². The lowest BCUT2D eigenvalue weighted by molar-refractivity contribution is 0.0243. The van der Waals surface area contributed by atoms with Gasteiger partial charge in [0.25, 0.3) is 0 Å². The number of hydrogen-bond acceptors (Lipinski definition) is 3. The van der Waals surface area contributed by atoms with E-state index in [9.17, 15) is 0 Å². The van der Waals surface area contributed by atoms with Crippen LogP contribution in [-0.2, 0) is 4.74 Å². The van der Waals surface area contributed by atoms with Crippen LogP contribution in [0.2, 0.25) is 0 Å². The number of guanidine groups is 1. The topological polar surface area (TPSA) is 48.9 Å². The molecular formula is C17H36N4O. The van der Waals surface area contributed by atoms with E-state index in [2.05, 4.69) is 41.5 Å². The number of aliphatic imine (C=N–C) groups is 1. The zero-order valence-electron chi connectivity index (χ0n) is 15.1. The van der Waals surface area contributed by atoms with Crippen LogP contribution in [0.4, 0.5) is 0 Å². The molecule has 0 aromatic rings. The van der Waals surface area contributed by atoms with Gasteiger partial charge in [-0.2, -0.15) is 0 Å². The summed E-state index contributed by atoms with van der Waals surface area (Å²) in [6.45, 7) is 6.09. The van der Waals surface area contributed by atoms with Crippen molar-refractivity contribution in [2.24, 2.45) is 4.99 Å². The average Bonchev–Trinajstić information content (AvgIpc) is 2.91. The van der Waals surface area contributed by atoms with Crippen LogP contribution < -0.4 is 10.6 Å². The molecule has 1 aliphatic rings. The summed E-state index contributed by atoms with van der Waals surface area (Å²) < 4.78 is 5.78. The van der Waals surface area contributed by atoms with E-state index in [1.807, 2.05) is 7.05 Å². The third-order valence-electron chi connectivity index (χ3n) is 4.23. The Morgan fingerprint density at radius 3 is 2.50 bits per heavy atom. The van der Waals surface area contributed by atoms with Gasteiger partial charge in [-0.05, 0) is 53.2 Å². The van der Waals surface area contributed by atoms with Crippen LogP contribution >= 0.6 is 0 Å². The summed E-state index contributed by atoms with van der Waals surface area (Å²) in [4.78, 5) is 6.54. The molecule has 0 radical (unpaired) electrons. The summed E-state index contributed by atoms with van der Waals surface area (Å²) in [5.41, 5.74) is -0.0238. The van der Waals surface area contributed by atoms with Crippen LogP contribution in [0.3, 0.4) is 0 Å². The van der Waals surface area contributed by atoms with Gasteiger partial charge in [-0.25, -0.2) is 0 Å². The molecule has 0 bridgehead atoms. The lowest BCUT2D eigenvalue weighted by Crippen LogP contribution is -2.45. The van der Waals surface area contributed by atoms with Crippen molar-refractivity contribution < 1.29 is 4.74 Å². The van der Waals surface area contributed by atoms with E-state index in [1.54, 1.807) is 0 Å². The number of ether oxygens (including phenoxy) is 1. The SMILES string of the molecule is CN=C(NCCCCCCCN(C)C)NCC1(C)CCCO1. The standard InChI is InChI=1S/C17H36N4O/c1-17(11-10-14-22-17)15-20-16(18-2)19-12-8-6-5-7-9-13-21(3)4/h5-15H2,1-4H3,(H2,18,19,20). The highest BCUT2D eigenvalue weighted by Gasteiger charge is 2.29. The largest absolute Gasteiger partial charge is 0.373 e. The molecule has 1 aliphatic heterocycles. The Bertz CT molecular complexity index is 312. The van der Waals surface area contributed by atoms with Crippen LogP contribution in [0.25, 0.3) is 0 Å². The minimum atomic E-state index is -0.0238. The van der Waals surface area contributed by atoms with Crippen molar-refractivity contribution in [1.29, 1.82) is 0 Å². The van der Waals surface area contributed by atoms with Crippen LogP contribution in [-0.4, -0.2) is 63.8 Å². The smallest absolute Gasteiger partial charge is 0.191 e. The molecule has 1 unspecified atom stereocenters. The van der Waals surface area contributed by atoms with Gasteiger partial charge in [-0.3, -0.25) is 4.99 Å². The molecule has 0 amide bonds. The number of unbranched alkanes of at least 4 members (excludes halogenated alkanes) is 4. The fourth-order valence-electron chi connectivity index (χ4n) is 2.76. The minimum absolute atomic E-state index is 0.0238. The van der Waals surface area contributed by atoms with Crippen molar-refractivity contribution in [3.05, 3.63) is 0 Å². The second-order valence-electron chi connectivity index (χ2n) is 6.83. The number of rotatable bonds is 10. The molecule has 5 nitrogen and oxygen atoms in total. The van der Waals surface area contributed by atoms with E-state index >= 15 is 0 Å². The summed E-state index contributed by atoms with van der Waals surface area (Å²) in [7, 11) is 6.10. The number of nitrogens with one attached hydrogen (secondary N) is 2. The first-order chi connectivity index (χ1) is 10.6. The zero-order valence-corrected chi connectivity index (χ0v) is 15.1. The molecule has 0 aliphatic carbocycles. The Morgan fingerprint density at radius 2 is 1.86 bits per heavy atom.